The second-order valence-electron chi connectivity index (χ2n) is 7.73. The lowest BCUT2D eigenvalue weighted by atomic mass is 10.0. The number of rotatable bonds is 6. The number of methoxy groups -OCH3 is 1. The molecule has 2 aromatic carbocycles. The Morgan fingerprint density at radius 1 is 1.19 bits per heavy atom. The van der Waals surface area contributed by atoms with E-state index in [2.05, 4.69) is 15.3 Å². The molecule has 0 saturated carbocycles. The summed E-state index contributed by atoms with van der Waals surface area (Å²) in [5, 5.41) is 3.74. The predicted octanol–water partition coefficient (Wildman–Crippen LogP) is 5.32. The number of benzene rings is 2. The predicted molar refractivity (Wildman–Crippen MR) is 116 cm³/mol. The van der Waals surface area contributed by atoms with E-state index in [9.17, 15) is 18.0 Å². The minimum atomic E-state index is -2.90. The summed E-state index contributed by atoms with van der Waals surface area (Å²) in [6.07, 6.45) is -1.64. The van der Waals surface area contributed by atoms with Crippen LogP contribution in [-0.4, -0.2) is 29.5 Å². The second kappa shape index (κ2) is 8.64. The lowest BCUT2D eigenvalue weighted by molar-refractivity contribution is -0.117. The van der Waals surface area contributed by atoms with Crippen LogP contribution in [0.5, 0.6) is 5.75 Å². The van der Waals surface area contributed by atoms with Gasteiger partial charge >= 0.3 is 0 Å². The fraction of sp³-hybridized carbons (Fsp3) is 0.348. The van der Waals surface area contributed by atoms with Crippen LogP contribution in [-0.2, 0) is 4.79 Å². The first-order valence-electron chi connectivity index (χ1n) is 10.3. The lowest BCUT2D eigenvalue weighted by Crippen LogP contribution is -2.24. The lowest BCUT2D eigenvalue weighted by Gasteiger charge is -2.22. The summed E-state index contributed by atoms with van der Waals surface area (Å²) < 4.78 is 46.4. The van der Waals surface area contributed by atoms with Crippen LogP contribution in [0.25, 0.3) is 10.9 Å². The molecule has 1 aliphatic rings. The number of carbonyl (C=O) groups is 1. The Balaban J connectivity index is 1.76. The summed E-state index contributed by atoms with van der Waals surface area (Å²) in [5.41, 5.74) is 0.694. The Morgan fingerprint density at radius 2 is 1.94 bits per heavy atom. The first-order valence-corrected chi connectivity index (χ1v) is 10.3. The summed E-state index contributed by atoms with van der Waals surface area (Å²) in [4.78, 5) is 22.9. The molecule has 1 N–H and O–H groups in total. The third kappa shape index (κ3) is 3.94. The maximum atomic E-state index is 14.6. The van der Waals surface area contributed by atoms with Crippen LogP contribution in [0.4, 0.5) is 24.7 Å². The SMILES string of the molecule is COc1cc2c(N[C@H](C)c3cccc(C(F)F)c3F)nc(C)nc2cc1N1CCCC1=O. The molecule has 6 nitrogen and oxygen atoms in total. The van der Waals surface area contributed by atoms with Crippen molar-refractivity contribution in [1.82, 2.24) is 9.97 Å². The van der Waals surface area contributed by atoms with Crippen LogP contribution < -0.4 is 15.0 Å². The average Bonchev–Trinajstić information content (AvgIpc) is 3.18. The minimum Gasteiger partial charge on any atom is -0.495 e. The van der Waals surface area contributed by atoms with Crippen LogP contribution in [0.15, 0.2) is 30.3 Å². The van der Waals surface area contributed by atoms with Crippen molar-refractivity contribution < 1.29 is 22.7 Å². The smallest absolute Gasteiger partial charge is 0.266 e. The van der Waals surface area contributed by atoms with E-state index in [1.165, 1.54) is 19.2 Å². The van der Waals surface area contributed by atoms with Crippen LogP contribution in [0.2, 0.25) is 0 Å². The van der Waals surface area contributed by atoms with Gasteiger partial charge in [-0.2, -0.15) is 0 Å². The number of aryl methyl sites for hydroxylation is 1. The number of carbonyl (C=O) groups excluding carboxylic acids is 1. The van der Waals surface area contributed by atoms with E-state index < -0.39 is 23.8 Å². The molecule has 0 spiro atoms. The van der Waals surface area contributed by atoms with Crippen molar-refractivity contribution in [2.45, 2.75) is 39.2 Å². The minimum absolute atomic E-state index is 0.0229. The quantitative estimate of drug-likeness (QED) is 0.557. The Morgan fingerprint density at radius 3 is 2.59 bits per heavy atom. The molecule has 9 heteroatoms. The highest BCUT2D eigenvalue weighted by Gasteiger charge is 2.26. The van der Waals surface area contributed by atoms with E-state index in [1.54, 1.807) is 30.9 Å². The van der Waals surface area contributed by atoms with Gasteiger partial charge in [0.2, 0.25) is 5.91 Å². The van der Waals surface area contributed by atoms with Crippen LogP contribution in [0, 0.1) is 12.7 Å². The van der Waals surface area contributed by atoms with Gasteiger partial charge in [-0.15, -0.1) is 0 Å². The highest BCUT2D eigenvalue weighted by molar-refractivity contribution is 6.01. The molecule has 1 fully saturated rings. The number of alkyl halides is 2. The molecule has 0 bridgehead atoms. The van der Waals surface area contributed by atoms with Gasteiger partial charge in [0, 0.05) is 23.9 Å². The third-order valence-corrected chi connectivity index (χ3v) is 5.59. The summed E-state index contributed by atoms with van der Waals surface area (Å²) in [5.74, 6) is 0.457. The molecule has 0 aliphatic carbocycles. The van der Waals surface area contributed by atoms with Gasteiger partial charge in [-0.1, -0.05) is 18.2 Å². The van der Waals surface area contributed by atoms with Gasteiger partial charge in [-0.05, 0) is 32.4 Å². The highest BCUT2D eigenvalue weighted by Crippen LogP contribution is 2.38. The van der Waals surface area contributed by atoms with E-state index in [1.807, 2.05) is 0 Å². The normalized spacial score (nSPS) is 15.0. The number of nitrogens with one attached hydrogen (secondary N) is 1. The number of amides is 1. The molecule has 32 heavy (non-hydrogen) atoms. The van der Waals surface area contributed by atoms with E-state index in [0.717, 1.165) is 12.5 Å². The Hall–Kier alpha value is -3.36. The van der Waals surface area contributed by atoms with Crippen molar-refractivity contribution >= 4 is 28.3 Å². The van der Waals surface area contributed by atoms with Gasteiger partial charge in [0.15, 0.2) is 0 Å². The number of ether oxygens (including phenoxy) is 1. The van der Waals surface area contributed by atoms with Crippen molar-refractivity contribution in [3.8, 4) is 5.75 Å². The molecule has 168 valence electrons. The maximum absolute atomic E-state index is 14.6. The maximum Gasteiger partial charge on any atom is 0.266 e. The first-order chi connectivity index (χ1) is 15.3. The Labute approximate surface area is 183 Å². The molecule has 3 aromatic rings. The summed E-state index contributed by atoms with van der Waals surface area (Å²) in [7, 11) is 1.52. The van der Waals surface area contributed by atoms with E-state index in [4.69, 9.17) is 4.74 Å². The molecular formula is C23H23F3N4O2. The number of nitrogens with zero attached hydrogens (tertiary/aromatic N) is 3. The standard InChI is InChI=1S/C23H23F3N4O2/c1-12(14-6-4-7-15(21(14)24)22(25)26)27-23-16-10-19(32-3)18(30-9-5-8-20(30)31)11-17(16)28-13(2)29-23/h4,6-7,10-12,22H,5,8-9H2,1-3H3,(H,27,28,29)/t12-/m1/s1. The molecule has 1 amide bonds. The molecule has 1 aliphatic heterocycles. The molecule has 0 radical (unpaired) electrons. The van der Waals surface area contributed by atoms with Crippen molar-refractivity contribution in [2.24, 2.45) is 0 Å². The molecule has 0 unspecified atom stereocenters. The van der Waals surface area contributed by atoms with Gasteiger partial charge in [0.1, 0.15) is 23.2 Å². The van der Waals surface area contributed by atoms with E-state index in [0.29, 0.717) is 46.9 Å². The van der Waals surface area contributed by atoms with Gasteiger partial charge < -0.3 is 15.0 Å². The third-order valence-electron chi connectivity index (χ3n) is 5.59. The second-order valence-corrected chi connectivity index (χ2v) is 7.73. The zero-order valence-electron chi connectivity index (χ0n) is 18.0. The fourth-order valence-electron chi connectivity index (χ4n) is 4.00. The van der Waals surface area contributed by atoms with Crippen LogP contribution in [0.1, 0.15) is 49.2 Å². The molecule has 2 heterocycles. The number of hydrogen-bond donors (Lipinski definition) is 1. The number of hydrogen-bond acceptors (Lipinski definition) is 5. The van der Waals surface area contributed by atoms with Crippen molar-refractivity contribution in [2.75, 3.05) is 23.9 Å². The number of fused-ring (bicyclic) bond motifs is 1. The molecule has 1 saturated heterocycles. The van der Waals surface area contributed by atoms with E-state index in [-0.39, 0.29) is 11.5 Å². The summed E-state index contributed by atoms with van der Waals surface area (Å²) in [6, 6.07) is 6.82. The van der Waals surface area contributed by atoms with Gasteiger partial charge in [-0.3, -0.25) is 4.79 Å². The van der Waals surface area contributed by atoms with E-state index >= 15 is 0 Å². The number of anilines is 2. The average molecular weight is 444 g/mol. The molecule has 1 aromatic heterocycles. The molecule has 1 atom stereocenters. The summed E-state index contributed by atoms with van der Waals surface area (Å²) in [6.45, 7) is 4.00. The number of halogens is 3. The van der Waals surface area contributed by atoms with Crippen molar-refractivity contribution in [3.63, 3.8) is 0 Å². The van der Waals surface area contributed by atoms with Crippen LogP contribution in [0.3, 0.4) is 0 Å². The number of aromatic nitrogens is 2. The van der Waals surface area contributed by atoms with Crippen LogP contribution >= 0.6 is 0 Å². The molecule has 4 rings (SSSR count). The zero-order valence-corrected chi connectivity index (χ0v) is 18.0. The van der Waals surface area contributed by atoms with Crippen molar-refractivity contribution in [1.29, 1.82) is 0 Å². The largest absolute Gasteiger partial charge is 0.495 e. The Bertz CT molecular complexity index is 1190. The van der Waals surface area contributed by atoms with Gasteiger partial charge in [0.25, 0.3) is 6.43 Å². The zero-order chi connectivity index (χ0) is 23.0. The van der Waals surface area contributed by atoms with Crippen molar-refractivity contribution in [3.05, 3.63) is 53.1 Å². The monoisotopic (exact) mass is 444 g/mol. The Kier molecular flexibility index (Phi) is 5.90. The first kappa shape index (κ1) is 21.9. The topological polar surface area (TPSA) is 67.3 Å². The van der Waals surface area contributed by atoms with Gasteiger partial charge in [-0.25, -0.2) is 23.1 Å². The summed E-state index contributed by atoms with van der Waals surface area (Å²) >= 11 is 0. The fourth-order valence-corrected chi connectivity index (χ4v) is 4.00. The highest BCUT2D eigenvalue weighted by atomic mass is 19.3. The molecular weight excluding hydrogens is 421 g/mol. The van der Waals surface area contributed by atoms with Gasteiger partial charge in [0.05, 0.1) is 29.9 Å².